The van der Waals surface area contributed by atoms with Gasteiger partial charge in [-0.2, -0.15) is 5.10 Å². The number of aryl methyl sites for hydroxylation is 2. The van der Waals surface area contributed by atoms with E-state index in [1.807, 2.05) is 26.0 Å². The average molecular weight is 287 g/mol. The van der Waals surface area contributed by atoms with Crippen molar-refractivity contribution >= 4 is 12.0 Å². The Kier molecular flexibility index (Phi) is 4.37. The van der Waals surface area contributed by atoms with Crippen molar-refractivity contribution in [1.29, 1.82) is 0 Å². The number of aromatic nitrogens is 3. The number of nitrogens with zero attached hydrogens (tertiary/aromatic N) is 3. The Labute approximate surface area is 122 Å². The van der Waals surface area contributed by atoms with Gasteiger partial charge in [0.2, 0.25) is 0 Å². The molecule has 0 aliphatic heterocycles. The summed E-state index contributed by atoms with van der Waals surface area (Å²) < 4.78 is 7.13. The average Bonchev–Trinajstić information content (AvgIpc) is 2.75. The van der Waals surface area contributed by atoms with Gasteiger partial charge in [0.25, 0.3) is 0 Å². The topological polar surface area (TPSA) is 77.2 Å². The summed E-state index contributed by atoms with van der Waals surface area (Å²) in [7, 11) is 1.60. The van der Waals surface area contributed by atoms with Crippen LogP contribution in [0.25, 0.3) is 6.08 Å². The van der Waals surface area contributed by atoms with Gasteiger partial charge in [0.1, 0.15) is 17.4 Å². The molecule has 6 heteroatoms. The molecule has 1 heterocycles. The minimum atomic E-state index is -0.977. The van der Waals surface area contributed by atoms with Gasteiger partial charge < -0.3 is 9.84 Å². The van der Waals surface area contributed by atoms with Gasteiger partial charge in [0, 0.05) is 11.6 Å². The van der Waals surface area contributed by atoms with E-state index in [9.17, 15) is 4.79 Å². The van der Waals surface area contributed by atoms with Gasteiger partial charge in [0.05, 0.1) is 13.7 Å². The van der Waals surface area contributed by atoms with Crippen molar-refractivity contribution in [2.24, 2.45) is 0 Å². The van der Waals surface area contributed by atoms with Crippen LogP contribution in [-0.2, 0) is 11.3 Å². The van der Waals surface area contributed by atoms with E-state index in [2.05, 4.69) is 10.1 Å². The Balaban J connectivity index is 2.34. The third-order valence-corrected chi connectivity index (χ3v) is 3.01. The Bertz CT molecular complexity index is 689. The van der Waals surface area contributed by atoms with Crippen LogP contribution in [0, 0.1) is 13.8 Å². The number of carbonyl (C=O) groups is 1. The van der Waals surface area contributed by atoms with Crippen molar-refractivity contribution < 1.29 is 14.6 Å². The molecule has 0 amide bonds. The molecule has 1 aromatic carbocycles. The first-order valence-electron chi connectivity index (χ1n) is 6.45. The van der Waals surface area contributed by atoms with Gasteiger partial charge in [0.15, 0.2) is 0 Å². The van der Waals surface area contributed by atoms with Crippen LogP contribution in [-0.4, -0.2) is 33.0 Å². The number of aliphatic carboxylic acids is 1. The van der Waals surface area contributed by atoms with Crippen LogP contribution in [0.3, 0.4) is 0 Å². The molecule has 0 unspecified atom stereocenters. The summed E-state index contributed by atoms with van der Waals surface area (Å²) in [5.41, 5.74) is 1.71. The van der Waals surface area contributed by atoms with E-state index in [0.717, 1.165) is 28.8 Å². The largest absolute Gasteiger partial charge is 0.496 e. The molecule has 0 spiro atoms. The van der Waals surface area contributed by atoms with Crippen LogP contribution in [0.2, 0.25) is 0 Å². The number of hydrogen-bond donors (Lipinski definition) is 1. The molecule has 0 radical (unpaired) electrons. The Morgan fingerprint density at radius 3 is 2.76 bits per heavy atom. The number of benzene rings is 1. The molecule has 1 aromatic heterocycles. The minimum absolute atomic E-state index is 0.518. The maximum atomic E-state index is 10.6. The molecule has 0 aliphatic rings. The van der Waals surface area contributed by atoms with Crippen LogP contribution in [0.5, 0.6) is 5.75 Å². The molecule has 0 fully saturated rings. The zero-order valence-corrected chi connectivity index (χ0v) is 12.2. The Hall–Kier alpha value is -2.63. The molecule has 21 heavy (non-hydrogen) atoms. The maximum Gasteiger partial charge on any atom is 0.328 e. The smallest absolute Gasteiger partial charge is 0.328 e. The summed E-state index contributed by atoms with van der Waals surface area (Å²) in [5, 5.41) is 13.0. The summed E-state index contributed by atoms with van der Waals surface area (Å²) in [6.07, 6.45) is 2.65. The first-order valence-corrected chi connectivity index (χ1v) is 6.45. The third-order valence-electron chi connectivity index (χ3n) is 3.01. The zero-order chi connectivity index (χ0) is 15.4. The van der Waals surface area contributed by atoms with Crippen LogP contribution in [0.4, 0.5) is 0 Å². The van der Waals surface area contributed by atoms with Crippen LogP contribution < -0.4 is 4.74 Å². The fourth-order valence-corrected chi connectivity index (χ4v) is 2.07. The minimum Gasteiger partial charge on any atom is -0.496 e. The van der Waals surface area contributed by atoms with Crippen LogP contribution >= 0.6 is 0 Å². The summed E-state index contributed by atoms with van der Waals surface area (Å²) in [4.78, 5) is 14.8. The third kappa shape index (κ3) is 3.68. The second-order valence-corrected chi connectivity index (χ2v) is 4.61. The molecular formula is C15H17N3O3. The second-order valence-electron chi connectivity index (χ2n) is 4.61. The van der Waals surface area contributed by atoms with Crippen molar-refractivity contribution in [2.45, 2.75) is 20.4 Å². The molecule has 2 aromatic rings. The normalized spacial score (nSPS) is 11.0. The highest BCUT2D eigenvalue weighted by molar-refractivity contribution is 5.85. The van der Waals surface area contributed by atoms with E-state index in [1.165, 1.54) is 0 Å². The van der Waals surface area contributed by atoms with Crippen molar-refractivity contribution in [1.82, 2.24) is 14.8 Å². The van der Waals surface area contributed by atoms with E-state index in [1.54, 1.807) is 23.9 Å². The first kappa shape index (κ1) is 14.8. The van der Waals surface area contributed by atoms with Gasteiger partial charge in [-0.3, -0.25) is 0 Å². The highest BCUT2D eigenvalue weighted by Gasteiger charge is 2.08. The predicted octanol–water partition coefficient (Wildman–Crippen LogP) is 2.05. The lowest BCUT2D eigenvalue weighted by atomic mass is 10.1. The second kappa shape index (κ2) is 6.21. The molecule has 2 rings (SSSR count). The Morgan fingerprint density at radius 1 is 1.43 bits per heavy atom. The Morgan fingerprint density at radius 2 is 2.19 bits per heavy atom. The maximum absolute atomic E-state index is 10.6. The first-order chi connectivity index (χ1) is 9.99. The lowest BCUT2D eigenvalue weighted by Gasteiger charge is -2.10. The predicted molar refractivity (Wildman–Crippen MR) is 78.3 cm³/mol. The van der Waals surface area contributed by atoms with Gasteiger partial charge in [-0.25, -0.2) is 14.5 Å². The standard InChI is InChI=1S/C15H17N3O3/c1-10-16-11(2)18(17-10)9-13-8-12(5-7-15(19)20)4-6-14(13)21-3/h4-8H,9H2,1-3H3,(H,19,20). The fourth-order valence-electron chi connectivity index (χ4n) is 2.07. The molecule has 0 aliphatic carbocycles. The van der Waals surface area contributed by atoms with Gasteiger partial charge >= 0.3 is 5.97 Å². The van der Waals surface area contributed by atoms with Crippen molar-refractivity contribution in [3.63, 3.8) is 0 Å². The number of rotatable bonds is 5. The van der Waals surface area contributed by atoms with E-state index < -0.39 is 5.97 Å². The molecule has 0 saturated heterocycles. The monoisotopic (exact) mass is 287 g/mol. The highest BCUT2D eigenvalue weighted by atomic mass is 16.5. The SMILES string of the molecule is COc1ccc(C=CC(=O)O)cc1Cn1nc(C)nc1C. The number of carboxylic acid groups (broad SMARTS) is 1. The van der Waals surface area contributed by atoms with Crippen LogP contribution in [0.1, 0.15) is 22.8 Å². The van der Waals surface area contributed by atoms with E-state index >= 15 is 0 Å². The quantitative estimate of drug-likeness (QED) is 0.852. The highest BCUT2D eigenvalue weighted by Crippen LogP contribution is 2.22. The number of hydrogen-bond acceptors (Lipinski definition) is 4. The van der Waals surface area contributed by atoms with Crippen molar-refractivity contribution in [2.75, 3.05) is 7.11 Å². The van der Waals surface area contributed by atoms with Gasteiger partial charge in [-0.1, -0.05) is 6.07 Å². The zero-order valence-electron chi connectivity index (χ0n) is 12.2. The van der Waals surface area contributed by atoms with Crippen molar-refractivity contribution in [3.05, 3.63) is 47.1 Å². The molecule has 6 nitrogen and oxygen atoms in total. The lowest BCUT2D eigenvalue weighted by Crippen LogP contribution is -2.06. The summed E-state index contributed by atoms with van der Waals surface area (Å²) in [6.45, 7) is 4.25. The van der Waals surface area contributed by atoms with Crippen LogP contribution in [0.15, 0.2) is 24.3 Å². The van der Waals surface area contributed by atoms with Gasteiger partial charge in [-0.15, -0.1) is 0 Å². The number of carboxylic acids is 1. The molecule has 0 atom stereocenters. The molecule has 0 bridgehead atoms. The van der Waals surface area contributed by atoms with E-state index in [0.29, 0.717) is 12.4 Å². The molecule has 0 saturated carbocycles. The summed E-state index contributed by atoms with van der Waals surface area (Å²) in [5.74, 6) is 1.29. The van der Waals surface area contributed by atoms with Gasteiger partial charge in [-0.05, 0) is 37.6 Å². The summed E-state index contributed by atoms with van der Waals surface area (Å²) in [6, 6.07) is 5.51. The molecule has 110 valence electrons. The van der Waals surface area contributed by atoms with E-state index in [-0.39, 0.29) is 0 Å². The number of methoxy groups -OCH3 is 1. The molecule has 1 N–H and O–H groups in total. The molecular weight excluding hydrogens is 270 g/mol. The van der Waals surface area contributed by atoms with Crippen molar-refractivity contribution in [3.8, 4) is 5.75 Å². The lowest BCUT2D eigenvalue weighted by molar-refractivity contribution is -0.131. The number of ether oxygens (including phenoxy) is 1. The summed E-state index contributed by atoms with van der Waals surface area (Å²) >= 11 is 0. The van der Waals surface area contributed by atoms with E-state index in [4.69, 9.17) is 9.84 Å². The fraction of sp³-hybridized carbons (Fsp3) is 0.267.